The first-order valence-electron chi connectivity index (χ1n) is 7.48. The van der Waals surface area contributed by atoms with E-state index in [1.165, 1.54) is 7.11 Å². The number of methoxy groups -OCH3 is 1. The molecule has 124 valence electrons. The number of carbonyl (C=O) groups excluding carboxylic acids is 2. The predicted octanol–water partition coefficient (Wildman–Crippen LogP) is 2.81. The SMILES string of the molecule is COC(=O)c1ccc(NC(=O)c2cc3c(cc2C)OCCO3)cc1. The van der Waals surface area contributed by atoms with Gasteiger partial charge in [0.25, 0.3) is 5.91 Å². The molecule has 1 N–H and O–H groups in total. The van der Waals surface area contributed by atoms with E-state index in [1.807, 2.05) is 6.92 Å². The third kappa shape index (κ3) is 3.17. The van der Waals surface area contributed by atoms with E-state index in [-0.39, 0.29) is 5.91 Å². The van der Waals surface area contributed by atoms with Crippen LogP contribution in [0.3, 0.4) is 0 Å². The lowest BCUT2D eigenvalue weighted by Crippen LogP contribution is -2.18. The summed E-state index contributed by atoms with van der Waals surface area (Å²) in [5.41, 5.74) is 2.31. The summed E-state index contributed by atoms with van der Waals surface area (Å²) in [7, 11) is 1.32. The molecular formula is C18H17NO5. The van der Waals surface area contributed by atoms with Gasteiger partial charge < -0.3 is 19.5 Å². The predicted molar refractivity (Wildman–Crippen MR) is 87.9 cm³/mol. The summed E-state index contributed by atoms with van der Waals surface area (Å²) < 4.78 is 15.7. The molecule has 1 amide bonds. The Hall–Kier alpha value is -3.02. The van der Waals surface area contributed by atoms with Crippen LogP contribution in [0.25, 0.3) is 0 Å². The molecule has 6 nitrogen and oxygen atoms in total. The van der Waals surface area contributed by atoms with Crippen molar-refractivity contribution in [1.82, 2.24) is 0 Å². The molecule has 0 saturated carbocycles. The number of fused-ring (bicyclic) bond motifs is 1. The van der Waals surface area contributed by atoms with E-state index in [1.54, 1.807) is 36.4 Å². The third-order valence-electron chi connectivity index (χ3n) is 3.70. The molecule has 1 heterocycles. The largest absolute Gasteiger partial charge is 0.486 e. The van der Waals surface area contributed by atoms with Crippen LogP contribution in [0.1, 0.15) is 26.3 Å². The van der Waals surface area contributed by atoms with E-state index >= 15 is 0 Å². The molecule has 2 aromatic rings. The second kappa shape index (κ2) is 6.62. The number of benzene rings is 2. The molecule has 0 bridgehead atoms. The Kier molecular flexibility index (Phi) is 4.37. The van der Waals surface area contributed by atoms with Gasteiger partial charge in [-0.25, -0.2) is 4.79 Å². The van der Waals surface area contributed by atoms with Crippen LogP contribution in [-0.4, -0.2) is 32.2 Å². The number of rotatable bonds is 3. The molecule has 1 aliphatic rings. The van der Waals surface area contributed by atoms with Gasteiger partial charge in [-0.15, -0.1) is 0 Å². The van der Waals surface area contributed by atoms with E-state index < -0.39 is 5.97 Å². The second-order valence-electron chi connectivity index (χ2n) is 5.33. The van der Waals surface area contributed by atoms with Crippen LogP contribution in [0.15, 0.2) is 36.4 Å². The van der Waals surface area contributed by atoms with Gasteiger partial charge >= 0.3 is 5.97 Å². The number of esters is 1. The van der Waals surface area contributed by atoms with Gasteiger partial charge in [0, 0.05) is 11.3 Å². The molecule has 0 aliphatic carbocycles. The third-order valence-corrected chi connectivity index (χ3v) is 3.70. The Morgan fingerprint density at radius 1 is 1.04 bits per heavy atom. The second-order valence-corrected chi connectivity index (χ2v) is 5.33. The maximum atomic E-state index is 12.5. The lowest BCUT2D eigenvalue weighted by Gasteiger charge is -2.20. The van der Waals surface area contributed by atoms with Gasteiger partial charge in [0.1, 0.15) is 13.2 Å². The van der Waals surface area contributed by atoms with Gasteiger partial charge in [-0.1, -0.05) is 0 Å². The normalized spacial score (nSPS) is 12.4. The summed E-state index contributed by atoms with van der Waals surface area (Å²) in [6.07, 6.45) is 0. The number of anilines is 1. The van der Waals surface area contributed by atoms with Gasteiger partial charge in [0.2, 0.25) is 0 Å². The molecule has 2 aromatic carbocycles. The van der Waals surface area contributed by atoms with Crippen molar-refractivity contribution in [2.45, 2.75) is 6.92 Å². The fourth-order valence-electron chi connectivity index (χ4n) is 2.44. The molecule has 24 heavy (non-hydrogen) atoms. The van der Waals surface area contributed by atoms with Gasteiger partial charge in [-0.05, 0) is 48.9 Å². The zero-order valence-corrected chi connectivity index (χ0v) is 13.4. The minimum Gasteiger partial charge on any atom is -0.486 e. The zero-order chi connectivity index (χ0) is 17.1. The summed E-state index contributed by atoms with van der Waals surface area (Å²) in [6, 6.07) is 9.97. The maximum Gasteiger partial charge on any atom is 0.337 e. The van der Waals surface area contributed by atoms with E-state index in [0.29, 0.717) is 41.5 Å². The first-order chi connectivity index (χ1) is 11.6. The molecule has 0 spiro atoms. The summed E-state index contributed by atoms with van der Waals surface area (Å²) in [5.74, 6) is 0.543. The van der Waals surface area contributed by atoms with Gasteiger partial charge in [-0.3, -0.25) is 4.79 Å². The van der Waals surface area contributed by atoms with Crippen LogP contribution < -0.4 is 14.8 Å². The Bertz CT molecular complexity index is 783. The number of aryl methyl sites for hydroxylation is 1. The standard InChI is InChI=1S/C18H17NO5/c1-11-9-15-16(24-8-7-23-15)10-14(11)17(20)19-13-5-3-12(4-6-13)18(21)22-2/h3-6,9-10H,7-8H2,1-2H3,(H,19,20). The number of hydrogen-bond acceptors (Lipinski definition) is 5. The first-order valence-corrected chi connectivity index (χ1v) is 7.48. The zero-order valence-electron chi connectivity index (χ0n) is 13.4. The minimum absolute atomic E-state index is 0.254. The Morgan fingerprint density at radius 3 is 2.29 bits per heavy atom. The maximum absolute atomic E-state index is 12.5. The van der Waals surface area contributed by atoms with Crippen molar-refractivity contribution in [2.24, 2.45) is 0 Å². The molecule has 0 atom stereocenters. The Labute approximate surface area is 139 Å². The van der Waals surface area contributed by atoms with Gasteiger partial charge in [-0.2, -0.15) is 0 Å². The van der Waals surface area contributed by atoms with Crippen LogP contribution in [0, 0.1) is 6.92 Å². The van der Waals surface area contributed by atoms with Crippen molar-refractivity contribution in [1.29, 1.82) is 0 Å². The van der Waals surface area contributed by atoms with Crippen LogP contribution in [-0.2, 0) is 4.74 Å². The fourth-order valence-corrected chi connectivity index (χ4v) is 2.44. The molecule has 0 saturated heterocycles. The molecule has 0 aromatic heterocycles. The summed E-state index contributed by atoms with van der Waals surface area (Å²) >= 11 is 0. The number of hydrogen-bond donors (Lipinski definition) is 1. The molecule has 0 unspecified atom stereocenters. The Morgan fingerprint density at radius 2 is 1.67 bits per heavy atom. The highest BCUT2D eigenvalue weighted by atomic mass is 16.6. The number of amides is 1. The monoisotopic (exact) mass is 327 g/mol. The highest BCUT2D eigenvalue weighted by Crippen LogP contribution is 2.33. The lowest BCUT2D eigenvalue weighted by molar-refractivity contribution is 0.0600. The highest BCUT2D eigenvalue weighted by Gasteiger charge is 2.18. The summed E-state index contributed by atoms with van der Waals surface area (Å²) in [4.78, 5) is 23.9. The number of ether oxygens (including phenoxy) is 3. The average molecular weight is 327 g/mol. The smallest absolute Gasteiger partial charge is 0.337 e. The molecule has 1 aliphatic heterocycles. The Balaban J connectivity index is 1.78. The molecule has 6 heteroatoms. The molecular weight excluding hydrogens is 310 g/mol. The summed E-state index contributed by atoms with van der Waals surface area (Å²) in [5, 5.41) is 2.80. The van der Waals surface area contributed by atoms with Crippen molar-refractivity contribution in [3.63, 3.8) is 0 Å². The van der Waals surface area contributed by atoms with Crippen LogP contribution in [0.2, 0.25) is 0 Å². The lowest BCUT2D eigenvalue weighted by atomic mass is 10.1. The van der Waals surface area contributed by atoms with Crippen LogP contribution >= 0.6 is 0 Å². The van der Waals surface area contributed by atoms with Crippen LogP contribution in [0.4, 0.5) is 5.69 Å². The molecule has 0 fully saturated rings. The van der Waals surface area contributed by atoms with Crippen molar-refractivity contribution in [3.8, 4) is 11.5 Å². The highest BCUT2D eigenvalue weighted by molar-refractivity contribution is 6.06. The topological polar surface area (TPSA) is 73.9 Å². The van der Waals surface area contributed by atoms with Crippen molar-refractivity contribution < 1.29 is 23.8 Å². The number of nitrogens with one attached hydrogen (secondary N) is 1. The number of carbonyl (C=O) groups is 2. The molecule has 3 rings (SSSR count). The fraction of sp³-hybridized carbons (Fsp3) is 0.222. The van der Waals surface area contributed by atoms with Crippen molar-refractivity contribution >= 4 is 17.6 Å². The quantitative estimate of drug-likeness (QED) is 0.878. The van der Waals surface area contributed by atoms with E-state index in [4.69, 9.17) is 9.47 Å². The first kappa shape index (κ1) is 15.9. The van der Waals surface area contributed by atoms with Gasteiger partial charge in [0.05, 0.1) is 12.7 Å². The van der Waals surface area contributed by atoms with Gasteiger partial charge in [0.15, 0.2) is 11.5 Å². The van der Waals surface area contributed by atoms with E-state index in [2.05, 4.69) is 10.1 Å². The average Bonchev–Trinajstić information content (AvgIpc) is 2.61. The van der Waals surface area contributed by atoms with Crippen molar-refractivity contribution in [2.75, 3.05) is 25.6 Å². The minimum atomic E-state index is -0.421. The van der Waals surface area contributed by atoms with E-state index in [0.717, 1.165) is 5.56 Å². The summed E-state index contributed by atoms with van der Waals surface area (Å²) in [6.45, 7) is 2.81. The van der Waals surface area contributed by atoms with Crippen molar-refractivity contribution in [3.05, 3.63) is 53.1 Å². The molecule has 0 radical (unpaired) electrons. The van der Waals surface area contributed by atoms with E-state index in [9.17, 15) is 9.59 Å². The van der Waals surface area contributed by atoms with Crippen LogP contribution in [0.5, 0.6) is 11.5 Å².